The molecule has 0 saturated heterocycles. The number of ether oxygens (including phenoxy) is 3. The van der Waals surface area contributed by atoms with Crippen molar-refractivity contribution in [3.8, 4) is 11.5 Å². The Hall–Kier alpha value is -3.09. The lowest BCUT2D eigenvalue weighted by Gasteiger charge is -2.21. The van der Waals surface area contributed by atoms with Crippen LogP contribution in [0.2, 0.25) is 0 Å². The van der Waals surface area contributed by atoms with Crippen LogP contribution in [-0.2, 0) is 27.3 Å². The number of hydrogen-bond donors (Lipinski definition) is 0. The van der Waals surface area contributed by atoms with E-state index in [9.17, 15) is 14.0 Å². The molecule has 0 aliphatic carbocycles. The summed E-state index contributed by atoms with van der Waals surface area (Å²) in [5, 5.41) is 0. The number of rotatable bonds is 10. The lowest BCUT2D eigenvalue weighted by molar-refractivity contribution is -0.152. The Balaban J connectivity index is 1.85. The van der Waals surface area contributed by atoms with Crippen molar-refractivity contribution in [2.45, 2.75) is 26.3 Å². The normalized spacial score (nSPS) is 10.3. The fourth-order valence-corrected chi connectivity index (χ4v) is 2.93. The van der Waals surface area contributed by atoms with Gasteiger partial charge in [0.05, 0.1) is 14.2 Å². The van der Waals surface area contributed by atoms with Gasteiger partial charge in [-0.25, -0.2) is 4.39 Å². The molecule has 0 atom stereocenters. The summed E-state index contributed by atoms with van der Waals surface area (Å²) in [6.07, 6.45) is 0.501. The number of methoxy groups -OCH3 is 2. The number of para-hydroxylation sites is 1. The van der Waals surface area contributed by atoms with E-state index in [1.165, 1.54) is 24.1 Å². The van der Waals surface area contributed by atoms with Crippen LogP contribution in [0, 0.1) is 5.82 Å². The summed E-state index contributed by atoms with van der Waals surface area (Å²) in [4.78, 5) is 25.9. The van der Waals surface area contributed by atoms with E-state index >= 15 is 0 Å². The van der Waals surface area contributed by atoms with Gasteiger partial charge in [-0.1, -0.05) is 24.3 Å². The van der Waals surface area contributed by atoms with E-state index in [2.05, 4.69) is 0 Å². The van der Waals surface area contributed by atoms with Crippen LogP contribution >= 0.6 is 0 Å². The second-order valence-electron chi connectivity index (χ2n) is 6.35. The summed E-state index contributed by atoms with van der Waals surface area (Å²) in [7, 11) is 3.08. The van der Waals surface area contributed by atoms with Gasteiger partial charge in [0.1, 0.15) is 5.82 Å². The molecule has 0 saturated carbocycles. The first-order valence-corrected chi connectivity index (χ1v) is 9.36. The second-order valence-corrected chi connectivity index (χ2v) is 6.35. The zero-order valence-corrected chi connectivity index (χ0v) is 16.9. The standard InChI is InChI=1S/C22H26FNO5/c1-4-24(14-16-7-5-9-18(23)13-16)20(25)15-29-21(26)12-11-17-8-6-10-19(27-2)22(17)28-3/h5-10,13H,4,11-12,14-15H2,1-3H3. The lowest BCUT2D eigenvalue weighted by Crippen LogP contribution is -2.34. The number of esters is 1. The maximum atomic E-state index is 13.3. The van der Waals surface area contributed by atoms with E-state index in [4.69, 9.17) is 14.2 Å². The number of halogens is 1. The highest BCUT2D eigenvalue weighted by Gasteiger charge is 2.16. The van der Waals surface area contributed by atoms with Crippen LogP contribution in [0.5, 0.6) is 11.5 Å². The smallest absolute Gasteiger partial charge is 0.306 e. The van der Waals surface area contributed by atoms with Gasteiger partial charge in [0.2, 0.25) is 0 Å². The van der Waals surface area contributed by atoms with Crippen molar-refractivity contribution in [1.29, 1.82) is 0 Å². The third-order valence-corrected chi connectivity index (χ3v) is 4.44. The van der Waals surface area contributed by atoms with Gasteiger partial charge in [-0.2, -0.15) is 0 Å². The van der Waals surface area contributed by atoms with Crippen LogP contribution in [0.4, 0.5) is 4.39 Å². The zero-order valence-electron chi connectivity index (χ0n) is 16.9. The van der Waals surface area contributed by atoms with E-state index in [0.717, 1.165) is 5.56 Å². The highest BCUT2D eigenvalue weighted by molar-refractivity contribution is 5.80. The summed E-state index contributed by atoms with van der Waals surface area (Å²) < 4.78 is 29.0. The fraction of sp³-hybridized carbons (Fsp3) is 0.364. The Morgan fingerprint density at radius 1 is 1.07 bits per heavy atom. The Bertz CT molecular complexity index is 840. The molecule has 0 N–H and O–H groups in total. The van der Waals surface area contributed by atoms with Gasteiger partial charge >= 0.3 is 5.97 Å². The van der Waals surface area contributed by atoms with Crippen LogP contribution in [0.25, 0.3) is 0 Å². The van der Waals surface area contributed by atoms with Crippen molar-refractivity contribution in [3.63, 3.8) is 0 Å². The van der Waals surface area contributed by atoms with Crippen molar-refractivity contribution in [2.24, 2.45) is 0 Å². The maximum Gasteiger partial charge on any atom is 0.306 e. The summed E-state index contributed by atoms with van der Waals surface area (Å²) in [5.74, 6) is -0.00452. The fourth-order valence-electron chi connectivity index (χ4n) is 2.93. The molecule has 29 heavy (non-hydrogen) atoms. The molecule has 7 heteroatoms. The molecule has 2 rings (SSSR count). The highest BCUT2D eigenvalue weighted by atomic mass is 19.1. The van der Waals surface area contributed by atoms with Crippen LogP contribution in [-0.4, -0.2) is 44.1 Å². The van der Waals surface area contributed by atoms with Crippen LogP contribution in [0.3, 0.4) is 0 Å². The molecule has 6 nitrogen and oxygen atoms in total. The number of benzene rings is 2. The number of aryl methyl sites for hydroxylation is 1. The first-order valence-electron chi connectivity index (χ1n) is 9.36. The molecular weight excluding hydrogens is 377 g/mol. The van der Waals surface area contributed by atoms with E-state index in [1.807, 2.05) is 19.1 Å². The van der Waals surface area contributed by atoms with Crippen molar-refractivity contribution >= 4 is 11.9 Å². The molecule has 0 heterocycles. The predicted molar refractivity (Wildman–Crippen MR) is 106 cm³/mol. The third-order valence-electron chi connectivity index (χ3n) is 4.44. The summed E-state index contributed by atoms with van der Waals surface area (Å²) >= 11 is 0. The minimum absolute atomic E-state index is 0.104. The van der Waals surface area contributed by atoms with Gasteiger partial charge in [-0.05, 0) is 42.7 Å². The van der Waals surface area contributed by atoms with Crippen LogP contribution in [0.15, 0.2) is 42.5 Å². The molecule has 2 aromatic rings. The van der Waals surface area contributed by atoms with Crippen molar-refractivity contribution in [2.75, 3.05) is 27.4 Å². The van der Waals surface area contributed by atoms with Crippen molar-refractivity contribution in [3.05, 3.63) is 59.4 Å². The van der Waals surface area contributed by atoms with Crippen molar-refractivity contribution in [1.82, 2.24) is 4.90 Å². The van der Waals surface area contributed by atoms with E-state index in [1.54, 1.807) is 25.3 Å². The summed E-state index contributed by atoms with van der Waals surface area (Å²) in [6, 6.07) is 11.5. The number of likely N-dealkylation sites (N-methyl/N-ethyl adjacent to an activating group) is 1. The SMILES string of the molecule is CCN(Cc1cccc(F)c1)C(=O)COC(=O)CCc1cccc(OC)c1OC. The first-order chi connectivity index (χ1) is 14.0. The average Bonchev–Trinajstić information content (AvgIpc) is 2.73. The number of nitrogens with zero attached hydrogens (tertiary/aromatic N) is 1. The predicted octanol–water partition coefficient (Wildman–Crippen LogP) is 3.37. The minimum atomic E-state index is -0.481. The molecule has 0 spiro atoms. The highest BCUT2D eigenvalue weighted by Crippen LogP contribution is 2.31. The van der Waals surface area contributed by atoms with E-state index in [0.29, 0.717) is 30.0 Å². The molecule has 0 aliphatic rings. The maximum absolute atomic E-state index is 13.3. The summed E-state index contributed by atoms with van der Waals surface area (Å²) in [6.45, 7) is 2.14. The van der Waals surface area contributed by atoms with Gasteiger partial charge in [0, 0.05) is 19.5 Å². The Morgan fingerprint density at radius 2 is 1.83 bits per heavy atom. The third kappa shape index (κ3) is 6.48. The number of amides is 1. The first kappa shape index (κ1) is 22.2. The molecule has 0 fully saturated rings. The Kier molecular flexibility index (Phi) is 8.45. The zero-order chi connectivity index (χ0) is 21.2. The van der Waals surface area contributed by atoms with Gasteiger partial charge < -0.3 is 19.1 Å². The van der Waals surface area contributed by atoms with E-state index in [-0.39, 0.29) is 31.3 Å². The lowest BCUT2D eigenvalue weighted by atomic mass is 10.1. The molecule has 156 valence electrons. The van der Waals surface area contributed by atoms with Crippen LogP contribution < -0.4 is 9.47 Å². The molecular formula is C22H26FNO5. The van der Waals surface area contributed by atoms with Gasteiger partial charge in [-0.3, -0.25) is 9.59 Å². The van der Waals surface area contributed by atoms with Gasteiger partial charge in [0.25, 0.3) is 5.91 Å². The molecule has 0 radical (unpaired) electrons. The Morgan fingerprint density at radius 3 is 2.48 bits per heavy atom. The minimum Gasteiger partial charge on any atom is -0.493 e. The molecule has 0 unspecified atom stereocenters. The average molecular weight is 403 g/mol. The monoisotopic (exact) mass is 403 g/mol. The molecule has 2 aromatic carbocycles. The molecule has 0 aliphatic heterocycles. The van der Waals surface area contributed by atoms with E-state index < -0.39 is 5.97 Å². The van der Waals surface area contributed by atoms with Gasteiger partial charge in [-0.15, -0.1) is 0 Å². The Labute approximate surface area is 170 Å². The number of carbonyl (C=O) groups excluding carboxylic acids is 2. The summed E-state index contributed by atoms with van der Waals surface area (Å²) in [5.41, 5.74) is 1.49. The van der Waals surface area contributed by atoms with Crippen molar-refractivity contribution < 1.29 is 28.2 Å². The molecule has 1 amide bonds. The molecule has 0 bridgehead atoms. The second kappa shape index (κ2) is 11.0. The van der Waals surface area contributed by atoms with Gasteiger partial charge in [0.15, 0.2) is 18.1 Å². The molecule has 0 aromatic heterocycles. The topological polar surface area (TPSA) is 65.1 Å². The van der Waals surface area contributed by atoms with Crippen LogP contribution in [0.1, 0.15) is 24.5 Å². The number of hydrogen-bond acceptors (Lipinski definition) is 5. The quantitative estimate of drug-likeness (QED) is 0.569. The largest absolute Gasteiger partial charge is 0.493 e. The number of carbonyl (C=O) groups is 2.